The molecule has 0 fully saturated rings. The molecule has 2 aromatic heterocycles. The number of hydrogen-bond acceptors (Lipinski definition) is 5. The van der Waals surface area contributed by atoms with Gasteiger partial charge >= 0.3 is 5.97 Å². The van der Waals surface area contributed by atoms with Gasteiger partial charge in [-0.25, -0.2) is 4.79 Å². The van der Waals surface area contributed by atoms with Crippen LogP contribution in [-0.4, -0.2) is 33.0 Å². The number of rotatable bonds is 4. The van der Waals surface area contributed by atoms with Crippen molar-refractivity contribution in [2.75, 3.05) is 12.4 Å². The van der Waals surface area contributed by atoms with Crippen molar-refractivity contribution in [3.63, 3.8) is 0 Å². The van der Waals surface area contributed by atoms with Gasteiger partial charge in [0, 0.05) is 24.7 Å². The molecule has 2 N–H and O–H groups in total. The number of anilines is 2. The average Bonchev–Trinajstić information content (AvgIpc) is 2.83. The Morgan fingerprint density at radius 1 is 1.36 bits per heavy atom. The van der Waals surface area contributed by atoms with Gasteiger partial charge in [0.15, 0.2) is 5.82 Å². The molecule has 0 atom stereocenters. The third-order valence-corrected chi connectivity index (χ3v) is 3.36. The zero-order valence-electron chi connectivity index (χ0n) is 12.1. The lowest BCUT2D eigenvalue weighted by atomic mass is 10.2. The highest BCUT2D eigenvalue weighted by Gasteiger charge is 2.14. The second-order valence-corrected chi connectivity index (χ2v) is 4.71. The van der Waals surface area contributed by atoms with E-state index in [1.165, 1.54) is 18.5 Å². The molecule has 0 aliphatic rings. The topological polar surface area (TPSA) is 89.3 Å². The molecule has 7 heteroatoms. The summed E-state index contributed by atoms with van der Waals surface area (Å²) in [5.74, 6) is 0.275. The number of pyridine rings is 1. The van der Waals surface area contributed by atoms with Crippen molar-refractivity contribution in [2.45, 2.75) is 0 Å². The molecule has 0 aliphatic heterocycles. The molecule has 112 valence electrons. The SMILES string of the molecule is COc1ccc2c(Nc3cnccc3C(=O)O)nn(C)c2c1. The van der Waals surface area contributed by atoms with E-state index in [4.69, 9.17) is 4.74 Å². The van der Waals surface area contributed by atoms with E-state index < -0.39 is 5.97 Å². The van der Waals surface area contributed by atoms with Gasteiger partial charge in [-0.3, -0.25) is 9.67 Å². The van der Waals surface area contributed by atoms with Crippen LogP contribution in [0.25, 0.3) is 10.9 Å². The van der Waals surface area contributed by atoms with Crippen LogP contribution in [0.2, 0.25) is 0 Å². The third-order valence-electron chi connectivity index (χ3n) is 3.36. The summed E-state index contributed by atoms with van der Waals surface area (Å²) in [6.45, 7) is 0. The van der Waals surface area contributed by atoms with E-state index in [1.807, 2.05) is 25.2 Å². The lowest BCUT2D eigenvalue weighted by molar-refractivity contribution is 0.0698. The molecular formula is C15H14N4O3. The fraction of sp³-hybridized carbons (Fsp3) is 0.133. The van der Waals surface area contributed by atoms with Crippen molar-refractivity contribution in [1.82, 2.24) is 14.8 Å². The van der Waals surface area contributed by atoms with Gasteiger partial charge in [-0.2, -0.15) is 5.10 Å². The Labute approximate surface area is 126 Å². The fourth-order valence-electron chi connectivity index (χ4n) is 2.26. The Kier molecular flexibility index (Phi) is 3.38. The monoisotopic (exact) mass is 298 g/mol. The van der Waals surface area contributed by atoms with Crippen molar-refractivity contribution in [1.29, 1.82) is 0 Å². The van der Waals surface area contributed by atoms with E-state index in [0.29, 0.717) is 11.5 Å². The second kappa shape index (κ2) is 5.36. The Hall–Kier alpha value is -3.09. The highest BCUT2D eigenvalue weighted by molar-refractivity contribution is 5.98. The quantitative estimate of drug-likeness (QED) is 0.769. The predicted molar refractivity (Wildman–Crippen MR) is 81.7 cm³/mol. The van der Waals surface area contributed by atoms with Crippen LogP contribution >= 0.6 is 0 Å². The van der Waals surface area contributed by atoms with E-state index >= 15 is 0 Å². The van der Waals surface area contributed by atoms with Gasteiger partial charge < -0.3 is 15.2 Å². The Morgan fingerprint density at radius 2 is 2.18 bits per heavy atom. The van der Waals surface area contributed by atoms with E-state index in [1.54, 1.807) is 11.8 Å². The summed E-state index contributed by atoms with van der Waals surface area (Å²) in [7, 11) is 3.42. The number of aryl methyl sites for hydroxylation is 1. The van der Waals surface area contributed by atoms with Crippen molar-refractivity contribution in [3.05, 3.63) is 42.2 Å². The number of ether oxygens (including phenoxy) is 1. The second-order valence-electron chi connectivity index (χ2n) is 4.71. The molecular weight excluding hydrogens is 284 g/mol. The zero-order valence-corrected chi connectivity index (χ0v) is 12.1. The van der Waals surface area contributed by atoms with E-state index in [9.17, 15) is 9.90 Å². The molecule has 0 saturated carbocycles. The average molecular weight is 298 g/mol. The van der Waals surface area contributed by atoms with Gasteiger partial charge in [0.1, 0.15) is 5.75 Å². The van der Waals surface area contributed by atoms with Gasteiger partial charge in [0.05, 0.1) is 30.1 Å². The number of aromatic carboxylic acids is 1. The maximum Gasteiger partial charge on any atom is 0.337 e. The van der Waals surface area contributed by atoms with Crippen molar-refractivity contribution in [2.24, 2.45) is 7.05 Å². The minimum absolute atomic E-state index is 0.141. The van der Waals surface area contributed by atoms with Crippen LogP contribution in [0.5, 0.6) is 5.75 Å². The number of carboxylic acid groups (broad SMARTS) is 1. The maximum absolute atomic E-state index is 11.3. The third kappa shape index (κ3) is 2.32. The minimum atomic E-state index is -1.02. The van der Waals surface area contributed by atoms with Crippen LogP contribution < -0.4 is 10.1 Å². The lowest BCUT2D eigenvalue weighted by Gasteiger charge is -2.06. The maximum atomic E-state index is 11.3. The summed E-state index contributed by atoms with van der Waals surface area (Å²) in [4.78, 5) is 15.2. The molecule has 22 heavy (non-hydrogen) atoms. The van der Waals surface area contributed by atoms with Crippen LogP contribution in [0, 0.1) is 0 Å². The van der Waals surface area contributed by atoms with Gasteiger partial charge in [-0.15, -0.1) is 0 Å². The smallest absolute Gasteiger partial charge is 0.337 e. The molecule has 0 aliphatic carbocycles. The van der Waals surface area contributed by atoms with E-state index in [0.717, 1.165) is 16.7 Å². The normalized spacial score (nSPS) is 10.6. The van der Waals surface area contributed by atoms with Crippen LogP contribution in [0.1, 0.15) is 10.4 Å². The van der Waals surface area contributed by atoms with Gasteiger partial charge in [0.25, 0.3) is 0 Å². The molecule has 2 heterocycles. The van der Waals surface area contributed by atoms with E-state index in [2.05, 4.69) is 15.4 Å². The fourth-order valence-corrected chi connectivity index (χ4v) is 2.26. The number of aromatic nitrogens is 3. The first-order valence-electron chi connectivity index (χ1n) is 6.55. The largest absolute Gasteiger partial charge is 0.497 e. The van der Waals surface area contributed by atoms with Gasteiger partial charge in [-0.05, 0) is 18.2 Å². The molecule has 0 amide bonds. The summed E-state index contributed by atoms with van der Waals surface area (Å²) in [5, 5.41) is 17.5. The number of benzene rings is 1. The summed E-state index contributed by atoms with van der Waals surface area (Å²) in [6.07, 6.45) is 2.91. The molecule has 0 spiro atoms. The molecule has 0 bridgehead atoms. The van der Waals surface area contributed by atoms with Crippen LogP contribution in [0.3, 0.4) is 0 Å². The molecule has 0 saturated heterocycles. The molecule has 3 rings (SSSR count). The van der Waals surface area contributed by atoms with Crippen LogP contribution in [-0.2, 0) is 7.05 Å². The zero-order chi connectivity index (χ0) is 15.7. The van der Waals surface area contributed by atoms with Crippen molar-refractivity contribution < 1.29 is 14.6 Å². The number of nitrogens with one attached hydrogen (secondary N) is 1. The van der Waals surface area contributed by atoms with Crippen molar-refractivity contribution >= 4 is 28.4 Å². The van der Waals surface area contributed by atoms with Gasteiger partial charge in [-0.1, -0.05) is 0 Å². The first-order chi connectivity index (χ1) is 10.6. The Balaban J connectivity index is 2.07. The predicted octanol–water partition coefficient (Wildman–Crippen LogP) is 2.42. The Morgan fingerprint density at radius 3 is 2.91 bits per heavy atom. The molecule has 0 unspecified atom stereocenters. The number of carboxylic acids is 1. The summed E-state index contributed by atoms with van der Waals surface area (Å²) in [6, 6.07) is 7.02. The molecule has 0 radical (unpaired) electrons. The first kappa shape index (κ1) is 13.9. The summed E-state index contributed by atoms with van der Waals surface area (Å²) < 4.78 is 6.91. The number of methoxy groups -OCH3 is 1. The number of carbonyl (C=O) groups is 1. The minimum Gasteiger partial charge on any atom is -0.497 e. The highest BCUT2D eigenvalue weighted by atomic mass is 16.5. The number of fused-ring (bicyclic) bond motifs is 1. The molecule has 3 aromatic rings. The molecule has 1 aromatic carbocycles. The lowest BCUT2D eigenvalue weighted by Crippen LogP contribution is -2.03. The Bertz CT molecular complexity index is 857. The van der Waals surface area contributed by atoms with Gasteiger partial charge in [0.2, 0.25) is 0 Å². The van der Waals surface area contributed by atoms with E-state index in [-0.39, 0.29) is 5.56 Å². The highest BCUT2D eigenvalue weighted by Crippen LogP contribution is 2.29. The number of nitrogens with zero attached hydrogens (tertiary/aromatic N) is 3. The number of hydrogen-bond donors (Lipinski definition) is 2. The summed E-state index contributed by atoms with van der Waals surface area (Å²) >= 11 is 0. The first-order valence-corrected chi connectivity index (χ1v) is 6.55. The molecule has 7 nitrogen and oxygen atoms in total. The van der Waals surface area contributed by atoms with Crippen LogP contribution in [0.4, 0.5) is 11.5 Å². The van der Waals surface area contributed by atoms with Crippen molar-refractivity contribution in [3.8, 4) is 5.75 Å². The van der Waals surface area contributed by atoms with Crippen LogP contribution in [0.15, 0.2) is 36.7 Å². The standard InChI is InChI=1S/C15H14N4O3/c1-19-13-7-9(22-2)3-4-11(13)14(18-19)17-12-8-16-6-5-10(12)15(20)21/h3-8H,1-2H3,(H,17,18)(H,20,21). The summed E-state index contributed by atoms with van der Waals surface area (Å²) in [5.41, 5.74) is 1.41.